The van der Waals surface area contributed by atoms with E-state index in [1.807, 2.05) is 60.7 Å². The van der Waals surface area contributed by atoms with Gasteiger partial charge in [0.15, 0.2) is 11.6 Å². The van der Waals surface area contributed by atoms with Crippen LogP contribution in [0, 0.1) is 0 Å². The van der Waals surface area contributed by atoms with Gasteiger partial charge in [0, 0.05) is 16.5 Å². The zero-order chi connectivity index (χ0) is 31.4. The van der Waals surface area contributed by atoms with Crippen LogP contribution in [0.2, 0.25) is 0 Å². The van der Waals surface area contributed by atoms with Gasteiger partial charge in [0.05, 0.1) is 12.3 Å². The van der Waals surface area contributed by atoms with E-state index in [-0.39, 0.29) is 22.4 Å². The minimum atomic E-state index is -0.956. The molecule has 5 aromatic rings. The summed E-state index contributed by atoms with van der Waals surface area (Å²) in [6.07, 6.45) is 1.57. The Balaban J connectivity index is 1.23. The Morgan fingerprint density at radius 1 is 0.727 bits per heavy atom. The van der Waals surface area contributed by atoms with Crippen molar-refractivity contribution in [2.75, 3.05) is 6.61 Å². The van der Waals surface area contributed by atoms with Crippen LogP contribution in [0.25, 0.3) is 21.7 Å². The third-order valence-corrected chi connectivity index (χ3v) is 8.59. The molecule has 0 saturated carbocycles. The predicted molar refractivity (Wildman–Crippen MR) is 176 cm³/mol. The molecule has 0 aliphatic heterocycles. The van der Waals surface area contributed by atoms with E-state index >= 15 is 0 Å². The molecule has 1 N–H and O–H groups in total. The number of benzene rings is 4. The molecule has 1 aromatic heterocycles. The molecule has 0 spiro atoms. The summed E-state index contributed by atoms with van der Waals surface area (Å²) in [4.78, 5) is 31.8. The van der Waals surface area contributed by atoms with Crippen LogP contribution in [0.4, 0.5) is 0 Å². The minimum absolute atomic E-state index is 0.181. The van der Waals surface area contributed by atoms with E-state index in [0.29, 0.717) is 40.4 Å². The van der Waals surface area contributed by atoms with Crippen molar-refractivity contribution >= 4 is 33.2 Å². The van der Waals surface area contributed by atoms with Gasteiger partial charge in [-0.3, -0.25) is 9.59 Å². The number of nitrogens with zero attached hydrogens (tertiary/aromatic N) is 1. The zero-order valence-electron chi connectivity index (χ0n) is 26.3. The van der Waals surface area contributed by atoms with Crippen LogP contribution >= 0.6 is 0 Å². The van der Waals surface area contributed by atoms with E-state index in [4.69, 9.17) is 9.72 Å². The number of carbonyl (C=O) groups excluding carboxylic acids is 2. The molecule has 1 heterocycles. The highest BCUT2D eigenvalue weighted by molar-refractivity contribution is 6.30. The fraction of sp³-hybridized carbons (Fsp3) is 0.308. The monoisotopic (exact) mass is 585 g/mol. The summed E-state index contributed by atoms with van der Waals surface area (Å²) in [7, 11) is 0. The standard InChI is InChI=1S/C39H39NO4/c1-38(2,3)29-19-23(20-30(37(29)43)39(4,5)6)11-10-18-44-32-15-9-14-24-16-17-31(40-34(24)32)33-35(41)27-21-25-12-7-8-13-26(25)22-28(27)36(33)42/h7-9,12-17,19-22,33,43H,10-11,18H2,1-6H3. The zero-order valence-corrected chi connectivity index (χ0v) is 26.3. The van der Waals surface area contributed by atoms with Crippen molar-refractivity contribution in [3.63, 3.8) is 0 Å². The van der Waals surface area contributed by atoms with Gasteiger partial charge in [-0.15, -0.1) is 0 Å². The summed E-state index contributed by atoms with van der Waals surface area (Å²) in [5.41, 5.74) is 4.73. The first-order chi connectivity index (χ1) is 20.8. The van der Waals surface area contributed by atoms with Gasteiger partial charge in [-0.1, -0.05) is 96.1 Å². The fourth-order valence-electron chi connectivity index (χ4n) is 6.20. The Kier molecular flexibility index (Phi) is 7.31. The van der Waals surface area contributed by atoms with E-state index < -0.39 is 5.92 Å². The molecule has 0 fully saturated rings. The Morgan fingerprint density at radius 3 is 1.86 bits per heavy atom. The Bertz CT molecular complexity index is 1850. The molecule has 4 aromatic carbocycles. The van der Waals surface area contributed by atoms with Crippen molar-refractivity contribution in [2.24, 2.45) is 0 Å². The van der Waals surface area contributed by atoms with Crippen LogP contribution in [-0.4, -0.2) is 28.3 Å². The number of hydrogen-bond acceptors (Lipinski definition) is 5. The number of pyridine rings is 1. The molecule has 224 valence electrons. The number of aromatic hydroxyl groups is 1. The first-order valence-corrected chi connectivity index (χ1v) is 15.3. The quantitative estimate of drug-likeness (QED) is 0.159. The Labute approximate surface area is 258 Å². The second-order valence-electron chi connectivity index (χ2n) is 14.0. The van der Waals surface area contributed by atoms with E-state index in [2.05, 4.69) is 53.7 Å². The predicted octanol–water partition coefficient (Wildman–Crippen LogP) is 8.86. The second-order valence-corrected chi connectivity index (χ2v) is 14.0. The number of aromatic nitrogens is 1. The van der Waals surface area contributed by atoms with Crippen LogP contribution in [-0.2, 0) is 17.3 Å². The number of fused-ring (bicyclic) bond motifs is 3. The first-order valence-electron chi connectivity index (χ1n) is 15.3. The number of para-hydroxylation sites is 1. The molecule has 1 aliphatic carbocycles. The topological polar surface area (TPSA) is 76.5 Å². The summed E-state index contributed by atoms with van der Waals surface area (Å²) in [6.45, 7) is 13.2. The van der Waals surface area contributed by atoms with Crippen LogP contribution in [0.15, 0.2) is 78.9 Å². The van der Waals surface area contributed by atoms with E-state index in [9.17, 15) is 14.7 Å². The third-order valence-electron chi connectivity index (χ3n) is 8.59. The van der Waals surface area contributed by atoms with Crippen LogP contribution in [0.1, 0.15) is 97.0 Å². The highest BCUT2D eigenvalue weighted by Crippen LogP contribution is 2.40. The lowest BCUT2D eigenvalue weighted by atomic mass is 9.78. The van der Waals surface area contributed by atoms with Crippen molar-refractivity contribution < 1.29 is 19.4 Å². The van der Waals surface area contributed by atoms with Gasteiger partial charge in [-0.2, -0.15) is 0 Å². The average molecular weight is 586 g/mol. The highest BCUT2D eigenvalue weighted by Gasteiger charge is 2.41. The molecule has 0 bridgehead atoms. The number of aryl methyl sites for hydroxylation is 1. The Morgan fingerprint density at radius 2 is 1.30 bits per heavy atom. The molecule has 6 rings (SSSR count). The lowest BCUT2D eigenvalue weighted by Crippen LogP contribution is -2.18. The number of phenols is 1. The smallest absolute Gasteiger partial charge is 0.180 e. The van der Waals surface area contributed by atoms with Gasteiger partial charge < -0.3 is 9.84 Å². The van der Waals surface area contributed by atoms with E-state index in [1.54, 1.807) is 6.07 Å². The largest absolute Gasteiger partial charge is 0.507 e. The summed E-state index contributed by atoms with van der Waals surface area (Å²) in [6, 6.07) is 25.1. The van der Waals surface area contributed by atoms with Crippen molar-refractivity contribution in [1.82, 2.24) is 4.98 Å². The molecule has 0 unspecified atom stereocenters. The number of carbonyl (C=O) groups is 2. The van der Waals surface area contributed by atoms with Crippen molar-refractivity contribution in [1.29, 1.82) is 0 Å². The van der Waals surface area contributed by atoms with E-state index in [1.165, 1.54) is 5.56 Å². The normalized spacial score (nSPS) is 14.0. The fourth-order valence-corrected chi connectivity index (χ4v) is 6.20. The molecule has 0 amide bonds. The van der Waals surface area contributed by atoms with Crippen LogP contribution in [0.3, 0.4) is 0 Å². The Hall–Kier alpha value is -4.51. The number of Topliss-reactive ketones (excluding diaryl/α,β-unsaturated/α-hetero) is 2. The van der Waals surface area contributed by atoms with Gasteiger partial charge in [-0.05, 0) is 75.4 Å². The SMILES string of the molecule is CC(C)(C)c1cc(CCCOc2cccc3ccc(C4C(=O)c5cc6ccccc6cc5C4=O)nc23)cc(C(C)(C)C)c1O. The highest BCUT2D eigenvalue weighted by atomic mass is 16.5. The maximum Gasteiger partial charge on any atom is 0.180 e. The van der Waals surface area contributed by atoms with E-state index in [0.717, 1.165) is 40.1 Å². The average Bonchev–Trinajstić information content (AvgIpc) is 3.21. The van der Waals surface area contributed by atoms with Crippen LogP contribution < -0.4 is 4.74 Å². The maximum atomic E-state index is 13.5. The molecule has 5 nitrogen and oxygen atoms in total. The second kappa shape index (κ2) is 10.9. The van der Waals surface area contributed by atoms with Gasteiger partial charge in [-0.25, -0.2) is 4.98 Å². The minimum Gasteiger partial charge on any atom is -0.507 e. The molecule has 5 heteroatoms. The lowest BCUT2D eigenvalue weighted by molar-refractivity contribution is 0.0888. The number of rotatable bonds is 6. The third kappa shape index (κ3) is 5.36. The molecule has 0 saturated heterocycles. The van der Waals surface area contributed by atoms with Gasteiger partial charge in [0.2, 0.25) is 0 Å². The van der Waals surface area contributed by atoms with Crippen molar-refractivity contribution in [3.8, 4) is 11.5 Å². The molecular formula is C39H39NO4. The van der Waals surface area contributed by atoms with Crippen molar-refractivity contribution in [3.05, 3.63) is 112 Å². The summed E-state index contributed by atoms with van der Waals surface area (Å²) >= 11 is 0. The number of ether oxygens (including phenoxy) is 1. The summed E-state index contributed by atoms with van der Waals surface area (Å²) in [5, 5.41) is 13.8. The van der Waals surface area contributed by atoms with Crippen molar-refractivity contribution in [2.45, 2.75) is 71.1 Å². The number of hydrogen-bond donors (Lipinski definition) is 1. The molecule has 0 radical (unpaired) electrons. The van der Waals surface area contributed by atoms with Crippen LogP contribution in [0.5, 0.6) is 11.5 Å². The lowest BCUT2D eigenvalue weighted by Gasteiger charge is -2.28. The first kappa shape index (κ1) is 29.6. The van der Waals surface area contributed by atoms with Gasteiger partial charge in [0.25, 0.3) is 0 Å². The molecular weight excluding hydrogens is 546 g/mol. The van der Waals surface area contributed by atoms with Gasteiger partial charge in [0.1, 0.15) is 22.9 Å². The number of ketones is 2. The summed E-state index contributed by atoms with van der Waals surface area (Å²) < 4.78 is 6.26. The molecule has 1 aliphatic rings. The summed E-state index contributed by atoms with van der Waals surface area (Å²) in [5.74, 6) is -0.360. The maximum absolute atomic E-state index is 13.5. The van der Waals surface area contributed by atoms with Gasteiger partial charge >= 0.3 is 0 Å². The molecule has 44 heavy (non-hydrogen) atoms. The number of phenolic OH excluding ortho intramolecular Hbond substituents is 1. The molecule has 0 atom stereocenters.